The fourth-order valence-corrected chi connectivity index (χ4v) is 0.744. The molecule has 0 aliphatic carbocycles. The maximum atomic E-state index is 8.48. The summed E-state index contributed by atoms with van der Waals surface area (Å²) in [5, 5.41) is 11.4. The number of hydrogen-bond acceptors (Lipinski definition) is 2. The Hall–Kier alpha value is -1.49. The molecule has 0 spiro atoms. The summed E-state index contributed by atoms with van der Waals surface area (Å²) in [5.41, 5.74) is 1.66. The average molecular weight is 162 g/mol. The van der Waals surface area contributed by atoms with E-state index < -0.39 is 0 Å². The minimum Gasteiger partial charge on any atom is -0.388 e. The van der Waals surface area contributed by atoms with Crippen LogP contribution in [0.25, 0.3) is 0 Å². The zero-order chi connectivity index (χ0) is 9.40. The second-order valence-electron chi connectivity index (χ2n) is 1.94. The van der Waals surface area contributed by atoms with Gasteiger partial charge in [0.1, 0.15) is 0 Å². The van der Waals surface area contributed by atoms with E-state index in [0.717, 1.165) is 5.69 Å². The molecule has 0 aliphatic heterocycles. The minimum atomic E-state index is 0.687. The Kier molecular flexibility index (Phi) is 5.46. The van der Waals surface area contributed by atoms with Gasteiger partial charge in [-0.3, -0.25) is 0 Å². The highest BCUT2D eigenvalue weighted by atomic mass is 14.8. The Morgan fingerprint density at radius 2 is 2.00 bits per heavy atom. The Morgan fingerprint density at radius 1 is 1.33 bits per heavy atom. The molecule has 1 N–H and O–H groups in total. The lowest BCUT2D eigenvalue weighted by molar-refractivity contribution is 1.46. The third kappa shape index (κ3) is 3.07. The van der Waals surface area contributed by atoms with Gasteiger partial charge in [-0.25, -0.2) is 0 Å². The number of nitriles is 1. The molecule has 0 saturated carbocycles. The zero-order valence-electron chi connectivity index (χ0n) is 7.76. The predicted molar refractivity (Wildman–Crippen MR) is 52.1 cm³/mol. The van der Waals surface area contributed by atoms with Crippen molar-refractivity contribution in [2.24, 2.45) is 0 Å². The van der Waals surface area contributed by atoms with Gasteiger partial charge in [-0.1, -0.05) is 19.9 Å². The van der Waals surface area contributed by atoms with Gasteiger partial charge in [0.2, 0.25) is 0 Å². The number of nitrogens with zero attached hydrogens (tertiary/aromatic N) is 1. The van der Waals surface area contributed by atoms with Gasteiger partial charge < -0.3 is 5.32 Å². The molecule has 0 amide bonds. The van der Waals surface area contributed by atoms with Crippen LogP contribution in [0, 0.1) is 11.3 Å². The average Bonchev–Trinajstić information content (AvgIpc) is 2.21. The lowest BCUT2D eigenvalue weighted by atomic mass is 10.2. The normalized spacial score (nSPS) is 7.50. The van der Waals surface area contributed by atoms with Crippen LogP contribution in [0.5, 0.6) is 0 Å². The van der Waals surface area contributed by atoms with E-state index in [1.165, 1.54) is 0 Å². The second-order valence-corrected chi connectivity index (χ2v) is 1.94. The monoisotopic (exact) mass is 162 g/mol. The summed E-state index contributed by atoms with van der Waals surface area (Å²) < 4.78 is 0. The molecule has 0 atom stereocenters. The van der Waals surface area contributed by atoms with Crippen LogP contribution >= 0.6 is 0 Å². The summed E-state index contributed by atoms with van der Waals surface area (Å²) in [6.45, 7) is 4.00. The molecule has 2 nitrogen and oxygen atoms in total. The van der Waals surface area contributed by atoms with E-state index in [1.807, 2.05) is 33.0 Å². The van der Waals surface area contributed by atoms with Crippen molar-refractivity contribution < 1.29 is 0 Å². The Balaban J connectivity index is 0.000000561. The molecular formula is C10H14N2. The van der Waals surface area contributed by atoms with Gasteiger partial charge in [-0.05, 0) is 18.2 Å². The zero-order valence-corrected chi connectivity index (χ0v) is 7.76. The molecule has 1 aromatic carbocycles. The molecule has 0 radical (unpaired) electrons. The van der Waals surface area contributed by atoms with Gasteiger partial charge in [0, 0.05) is 12.7 Å². The molecule has 12 heavy (non-hydrogen) atoms. The van der Waals surface area contributed by atoms with Crippen LogP contribution in [0.2, 0.25) is 0 Å². The van der Waals surface area contributed by atoms with Crippen molar-refractivity contribution in [2.45, 2.75) is 13.8 Å². The van der Waals surface area contributed by atoms with Gasteiger partial charge in [-0.2, -0.15) is 5.26 Å². The molecule has 2 heteroatoms. The SMILES string of the molecule is CC.CNc1cccc(C#N)c1. The molecule has 0 fully saturated rings. The molecule has 0 heterocycles. The molecule has 1 rings (SSSR count). The van der Waals surface area contributed by atoms with Gasteiger partial charge in [0.15, 0.2) is 0 Å². The lowest BCUT2D eigenvalue weighted by Crippen LogP contribution is -1.86. The third-order valence-corrected chi connectivity index (χ3v) is 1.28. The number of rotatable bonds is 1. The lowest BCUT2D eigenvalue weighted by Gasteiger charge is -1.96. The van der Waals surface area contributed by atoms with Crippen LogP contribution in [0.4, 0.5) is 5.69 Å². The van der Waals surface area contributed by atoms with Crippen LogP contribution in [0.15, 0.2) is 24.3 Å². The van der Waals surface area contributed by atoms with E-state index in [4.69, 9.17) is 5.26 Å². The highest BCUT2D eigenvalue weighted by Gasteiger charge is 1.89. The maximum absolute atomic E-state index is 8.48. The summed E-state index contributed by atoms with van der Waals surface area (Å²) in [5.74, 6) is 0. The van der Waals surface area contributed by atoms with Crippen LogP contribution in [0.1, 0.15) is 19.4 Å². The van der Waals surface area contributed by atoms with Crippen LogP contribution in [-0.2, 0) is 0 Å². The molecule has 0 saturated heterocycles. The molecule has 0 bridgehead atoms. The Bertz CT molecular complexity index is 261. The Morgan fingerprint density at radius 3 is 2.50 bits per heavy atom. The van der Waals surface area contributed by atoms with Crippen molar-refractivity contribution in [2.75, 3.05) is 12.4 Å². The number of benzene rings is 1. The minimum absolute atomic E-state index is 0.687. The van der Waals surface area contributed by atoms with Crippen molar-refractivity contribution >= 4 is 5.69 Å². The third-order valence-electron chi connectivity index (χ3n) is 1.28. The van der Waals surface area contributed by atoms with E-state index in [0.29, 0.717) is 5.56 Å². The van der Waals surface area contributed by atoms with Crippen LogP contribution in [0.3, 0.4) is 0 Å². The standard InChI is InChI=1S/C8H8N2.C2H6/c1-10-8-4-2-3-7(5-8)6-9;1-2/h2-5,10H,1H3;1-2H3. The fourth-order valence-electron chi connectivity index (χ4n) is 0.744. The predicted octanol–water partition coefficient (Wildman–Crippen LogP) is 2.63. The van der Waals surface area contributed by atoms with Crippen LogP contribution < -0.4 is 5.32 Å². The van der Waals surface area contributed by atoms with Crippen molar-refractivity contribution in [3.63, 3.8) is 0 Å². The summed E-state index contributed by atoms with van der Waals surface area (Å²) >= 11 is 0. The molecular weight excluding hydrogens is 148 g/mol. The summed E-state index contributed by atoms with van der Waals surface area (Å²) in [6, 6.07) is 9.41. The second kappa shape index (κ2) is 6.23. The smallest absolute Gasteiger partial charge is 0.0992 e. The number of hydrogen-bond donors (Lipinski definition) is 1. The van der Waals surface area contributed by atoms with Gasteiger partial charge in [0.25, 0.3) is 0 Å². The first-order chi connectivity index (χ1) is 5.86. The molecule has 1 aromatic rings. The van der Waals surface area contributed by atoms with Gasteiger partial charge >= 0.3 is 0 Å². The molecule has 0 aliphatic rings. The highest BCUT2D eigenvalue weighted by molar-refractivity contribution is 5.48. The summed E-state index contributed by atoms with van der Waals surface area (Å²) in [7, 11) is 1.83. The molecule has 0 unspecified atom stereocenters. The van der Waals surface area contributed by atoms with E-state index in [1.54, 1.807) is 12.1 Å². The van der Waals surface area contributed by atoms with E-state index in [2.05, 4.69) is 11.4 Å². The van der Waals surface area contributed by atoms with Crippen molar-refractivity contribution in [3.8, 4) is 6.07 Å². The summed E-state index contributed by atoms with van der Waals surface area (Å²) in [4.78, 5) is 0. The highest BCUT2D eigenvalue weighted by Crippen LogP contribution is 2.07. The molecule has 0 aromatic heterocycles. The van der Waals surface area contributed by atoms with Crippen molar-refractivity contribution in [3.05, 3.63) is 29.8 Å². The molecule has 64 valence electrons. The van der Waals surface area contributed by atoms with E-state index >= 15 is 0 Å². The fraction of sp³-hybridized carbons (Fsp3) is 0.300. The first kappa shape index (κ1) is 10.5. The largest absolute Gasteiger partial charge is 0.388 e. The van der Waals surface area contributed by atoms with E-state index in [9.17, 15) is 0 Å². The first-order valence-electron chi connectivity index (χ1n) is 4.04. The van der Waals surface area contributed by atoms with Gasteiger partial charge in [-0.15, -0.1) is 0 Å². The summed E-state index contributed by atoms with van der Waals surface area (Å²) in [6.07, 6.45) is 0. The van der Waals surface area contributed by atoms with Crippen molar-refractivity contribution in [1.82, 2.24) is 0 Å². The quantitative estimate of drug-likeness (QED) is 0.689. The van der Waals surface area contributed by atoms with Crippen LogP contribution in [-0.4, -0.2) is 7.05 Å². The maximum Gasteiger partial charge on any atom is 0.0992 e. The van der Waals surface area contributed by atoms with Gasteiger partial charge in [0.05, 0.1) is 11.6 Å². The topological polar surface area (TPSA) is 35.8 Å². The number of anilines is 1. The van der Waals surface area contributed by atoms with Crippen molar-refractivity contribution in [1.29, 1.82) is 5.26 Å². The Labute approximate surface area is 73.8 Å². The number of nitrogens with one attached hydrogen (secondary N) is 1. The first-order valence-corrected chi connectivity index (χ1v) is 4.04. The van der Waals surface area contributed by atoms with E-state index in [-0.39, 0.29) is 0 Å².